The first-order valence-corrected chi connectivity index (χ1v) is 2.70. The number of aldehydes is 1. The standard InChI is InChI=1S/C2H5NO4S/c3-2(5,1-4)8(6)7/h1,5H,3H2,(H,6,7). The second-order valence-corrected chi connectivity index (χ2v) is 2.27. The summed E-state index contributed by atoms with van der Waals surface area (Å²) in [5.41, 5.74) is 4.50. The predicted molar refractivity (Wildman–Crippen MR) is 26.0 cm³/mol. The van der Waals surface area contributed by atoms with E-state index in [1.807, 2.05) is 0 Å². The minimum Gasteiger partial charge on any atom is -0.358 e. The number of nitrogens with two attached hydrogens (primary N) is 1. The van der Waals surface area contributed by atoms with E-state index in [4.69, 9.17) is 9.66 Å². The zero-order chi connectivity index (χ0) is 6.78. The van der Waals surface area contributed by atoms with Crippen LogP contribution in [-0.4, -0.2) is 25.2 Å². The Balaban J connectivity index is 4.12. The largest absolute Gasteiger partial charge is 0.358 e. The SMILES string of the molecule is NC(O)(C=O)S(=O)O. The summed E-state index contributed by atoms with van der Waals surface area (Å²) >= 11 is -2.71. The fourth-order valence-electron chi connectivity index (χ4n) is 0.0412. The van der Waals surface area contributed by atoms with Gasteiger partial charge in [-0.2, -0.15) is 0 Å². The Morgan fingerprint density at radius 2 is 2.12 bits per heavy atom. The molecule has 0 aromatic heterocycles. The normalized spacial score (nSPS) is 21.4. The lowest BCUT2D eigenvalue weighted by molar-refractivity contribution is -0.117. The van der Waals surface area contributed by atoms with Crippen molar-refractivity contribution in [2.75, 3.05) is 0 Å². The Bertz CT molecular complexity index is 121. The van der Waals surface area contributed by atoms with Crippen LogP contribution in [0.25, 0.3) is 0 Å². The van der Waals surface area contributed by atoms with E-state index in [0.29, 0.717) is 0 Å². The molecule has 2 unspecified atom stereocenters. The quantitative estimate of drug-likeness (QED) is 0.233. The van der Waals surface area contributed by atoms with Gasteiger partial charge in [-0.1, -0.05) is 0 Å². The molecule has 0 bridgehead atoms. The van der Waals surface area contributed by atoms with Crippen molar-refractivity contribution in [3.63, 3.8) is 0 Å². The Morgan fingerprint density at radius 3 is 2.12 bits per heavy atom. The van der Waals surface area contributed by atoms with Crippen LogP contribution in [0.15, 0.2) is 0 Å². The maximum Gasteiger partial charge on any atom is 0.274 e. The average Bonchev–Trinajstić information content (AvgIpc) is 1.67. The summed E-state index contributed by atoms with van der Waals surface area (Å²) in [4.78, 5) is 9.54. The lowest BCUT2D eigenvalue weighted by Gasteiger charge is -2.07. The third-order valence-corrected chi connectivity index (χ3v) is 1.10. The van der Waals surface area contributed by atoms with E-state index in [-0.39, 0.29) is 6.29 Å². The van der Waals surface area contributed by atoms with E-state index in [0.717, 1.165) is 0 Å². The summed E-state index contributed by atoms with van der Waals surface area (Å²) in [6.45, 7) is 0. The molecule has 0 saturated heterocycles. The molecule has 48 valence electrons. The van der Waals surface area contributed by atoms with Crippen LogP contribution in [0.5, 0.6) is 0 Å². The molecular formula is C2H5NO4S. The molecule has 0 radical (unpaired) electrons. The van der Waals surface area contributed by atoms with Gasteiger partial charge >= 0.3 is 0 Å². The molecule has 0 aliphatic rings. The second kappa shape index (κ2) is 2.31. The van der Waals surface area contributed by atoms with Crippen molar-refractivity contribution in [3.8, 4) is 0 Å². The Hall–Kier alpha value is -0.300. The highest BCUT2D eigenvalue weighted by Crippen LogP contribution is 1.91. The van der Waals surface area contributed by atoms with Gasteiger partial charge in [-0.05, 0) is 0 Å². The van der Waals surface area contributed by atoms with E-state index >= 15 is 0 Å². The minimum atomic E-state index is -2.71. The summed E-state index contributed by atoms with van der Waals surface area (Å²) in [6, 6.07) is 0. The van der Waals surface area contributed by atoms with Crippen molar-refractivity contribution >= 4 is 17.4 Å². The summed E-state index contributed by atoms with van der Waals surface area (Å²) in [7, 11) is 0. The number of carbonyl (C=O) groups excluding carboxylic acids is 1. The van der Waals surface area contributed by atoms with Crippen LogP contribution in [0, 0.1) is 0 Å². The monoisotopic (exact) mass is 139 g/mol. The van der Waals surface area contributed by atoms with Crippen LogP contribution in [-0.2, 0) is 15.9 Å². The highest BCUT2D eigenvalue weighted by atomic mass is 32.2. The first kappa shape index (κ1) is 7.70. The second-order valence-electron chi connectivity index (χ2n) is 1.12. The van der Waals surface area contributed by atoms with Gasteiger partial charge in [0, 0.05) is 0 Å². The van der Waals surface area contributed by atoms with Crippen LogP contribution in [0.3, 0.4) is 0 Å². The van der Waals surface area contributed by atoms with Crippen molar-refractivity contribution in [1.82, 2.24) is 0 Å². The Morgan fingerprint density at radius 1 is 1.75 bits per heavy atom. The number of aliphatic hydroxyl groups is 1. The number of rotatable bonds is 2. The van der Waals surface area contributed by atoms with Crippen LogP contribution >= 0.6 is 0 Å². The molecule has 0 heterocycles. The van der Waals surface area contributed by atoms with E-state index in [2.05, 4.69) is 5.73 Å². The number of hydrogen-bond acceptors (Lipinski definition) is 4. The topological polar surface area (TPSA) is 101 Å². The summed E-state index contributed by atoms with van der Waals surface area (Å²) in [6.07, 6.45) is -0.205. The lowest BCUT2D eigenvalue weighted by atomic mass is 10.7. The smallest absolute Gasteiger partial charge is 0.274 e. The van der Waals surface area contributed by atoms with Gasteiger partial charge in [-0.25, -0.2) is 4.21 Å². The molecule has 6 heteroatoms. The summed E-state index contributed by atoms with van der Waals surface area (Å²) < 4.78 is 17.7. The molecule has 0 spiro atoms. The maximum atomic E-state index is 9.76. The molecule has 0 aliphatic heterocycles. The molecule has 0 saturated carbocycles. The van der Waals surface area contributed by atoms with Gasteiger partial charge in [-0.3, -0.25) is 10.5 Å². The molecular weight excluding hydrogens is 134 g/mol. The average molecular weight is 139 g/mol. The van der Waals surface area contributed by atoms with Gasteiger partial charge < -0.3 is 9.66 Å². The molecule has 0 fully saturated rings. The molecule has 5 nitrogen and oxygen atoms in total. The molecule has 0 rings (SSSR count). The van der Waals surface area contributed by atoms with E-state index in [1.165, 1.54) is 0 Å². The van der Waals surface area contributed by atoms with E-state index in [9.17, 15) is 9.00 Å². The minimum absolute atomic E-state index is 0.205. The molecule has 0 aromatic carbocycles. The zero-order valence-electron chi connectivity index (χ0n) is 3.77. The van der Waals surface area contributed by atoms with Crippen molar-refractivity contribution < 1.29 is 18.7 Å². The summed E-state index contributed by atoms with van der Waals surface area (Å²) in [5.74, 6) is 0. The van der Waals surface area contributed by atoms with Crippen molar-refractivity contribution in [2.24, 2.45) is 5.73 Å². The fraction of sp³-hybridized carbons (Fsp3) is 0.500. The summed E-state index contributed by atoms with van der Waals surface area (Å²) in [5, 5.41) is 5.65. The van der Waals surface area contributed by atoms with E-state index < -0.39 is 16.1 Å². The third-order valence-electron chi connectivity index (χ3n) is 0.449. The zero-order valence-corrected chi connectivity index (χ0v) is 4.59. The highest BCUT2D eigenvalue weighted by Gasteiger charge is 2.27. The van der Waals surface area contributed by atoms with Crippen LogP contribution < -0.4 is 5.73 Å². The highest BCUT2D eigenvalue weighted by molar-refractivity contribution is 7.81. The first-order valence-electron chi connectivity index (χ1n) is 1.59. The van der Waals surface area contributed by atoms with Crippen LogP contribution in [0.2, 0.25) is 0 Å². The first-order chi connectivity index (χ1) is 3.50. The van der Waals surface area contributed by atoms with E-state index in [1.54, 1.807) is 0 Å². The Kier molecular flexibility index (Phi) is 2.23. The number of hydrogen-bond donors (Lipinski definition) is 3. The van der Waals surface area contributed by atoms with Crippen LogP contribution in [0.4, 0.5) is 0 Å². The molecule has 2 atom stereocenters. The van der Waals surface area contributed by atoms with Gasteiger partial charge in [0.2, 0.25) is 11.1 Å². The molecule has 4 N–H and O–H groups in total. The molecule has 0 aliphatic carbocycles. The fourth-order valence-corrected chi connectivity index (χ4v) is 0.123. The van der Waals surface area contributed by atoms with Crippen molar-refractivity contribution in [1.29, 1.82) is 0 Å². The van der Waals surface area contributed by atoms with Gasteiger partial charge in [-0.15, -0.1) is 0 Å². The van der Waals surface area contributed by atoms with Gasteiger partial charge in [0.15, 0.2) is 6.29 Å². The van der Waals surface area contributed by atoms with Gasteiger partial charge in [0.1, 0.15) is 0 Å². The van der Waals surface area contributed by atoms with Crippen LogP contribution in [0.1, 0.15) is 0 Å². The van der Waals surface area contributed by atoms with Crippen molar-refractivity contribution in [2.45, 2.75) is 5.06 Å². The van der Waals surface area contributed by atoms with Gasteiger partial charge in [0.05, 0.1) is 0 Å². The maximum absolute atomic E-state index is 9.76. The van der Waals surface area contributed by atoms with Crippen molar-refractivity contribution in [3.05, 3.63) is 0 Å². The number of carbonyl (C=O) groups is 1. The lowest BCUT2D eigenvalue weighted by Crippen LogP contribution is -2.45. The third kappa shape index (κ3) is 1.66. The molecule has 0 aromatic rings. The van der Waals surface area contributed by atoms with Gasteiger partial charge in [0.25, 0.3) is 5.06 Å². The molecule has 0 amide bonds. The molecule has 8 heavy (non-hydrogen) atoms. The predicted octanol–water partition coefficient (Wildman–Crippen LogP) is -1.99. The Labute approximate surface area is 47.8 Å².